The number of anilines is 1. The van der Waals surface area contributed by atoms with Gasteiger partial charge in [0.25, 0.3) is 0 Å². The van der Waals surface area contributed by atoms with Crippen molar-refractivity contribution in [1.82, 2.24) is 15.2 Å². The fourth-order valence-electron chi connectivity index (χ4n) is 3.66. The standard InChI is InChI=1S/C19H17F3N4O2/c20-19(21,22)17-14(10-24-25-17)12-1-2-15-13(9-12)16(3-6-23-15)26-7-4-11(5-8-26)18(27)28/h1-3,6,9-11H,4-5,7-8H2,(H,24,25)(H,27,28). The van der Waals surface area contributed by atoms with Crippen molar-refractivity contribution in [3.8, 4) is 11.1 Å². The first-order valence-electron chi connectivity index (χ1n) is 8.82. The number of pyridine rings is 1. The number of aromatic nitrogens is 3. The van der Waals surface area contributed by atoms with Crippen molar-refractivity contribution in [1.29, 1.82) is 0 Å². The van der Waals surface area contributed by atoms with Gasteiger partial charge in [-0.05, 0) is 36.6 Å². The zero-order valence-electron chi connectivity index (χ0n) is 14.7. The number of alkyl halides is 3. The quantitative estimate of drug-likeness (QED) is 0.708. The van der Waals surface area contributed by atoms with E-state index >= 15 is 0 Å². The lowest BCUT2D eigenvalue weighted by Crippen LogP contribution is -2.36. The minimum Gasteiger partial charge on any atom is -0.481 e. The molecule has 0 radical (unpaired) electrons. The number of benzene rings is 1. The summed E-state index contributed by atoms with van der Waals surface area (Å²) >= 11 is 0. The van der Waals surface area contributed by atoms with E-state index in [1.807, 2.05) is 11.2 Å². The van der Waals surface area contributed by atoms with Crippen molar-refractivity contribution in [2.45, 2.75) is 19.0 Å². The van der Waals surface area contributed by atoms with Crippen LogP contribution in [0.2, 0.25) is 0 Å². The topological polar surface area (TPSA) is 82.1 Å². The lowest BCUT2D eigenvalue weighted by Gasteiger charge is -2.32. The van der Waals surface area contributed by atoms with Gasteiger partial charge in [0.05, 0.1) is 17.6 Å². The Kier molecular flexibility index (Phi) is 4.44. The van der Waals surface area contributed by atoms with Gasteiger partial charge in [-0.3, -0.25) is 14.9 Å². The number of piperidine rings is 1. The van der Waals surface area contributed by atoms with Crippen LogP contribution in [0.15, 0.2) is 36.7 Å². The van der Waals surface area contributed by atoms with Crippen molar-refractivity contribution in [2.24, 2.45) is 5.92 Å². The maximum atomic E-state index is 13.2. The fourth-order valence-corrected chi connectivity index (χ4v) is 3.66. The molecule has 9 heteroatoms. The highest BCUT2D eigenvalue weighted by molar-refractivity contribution is 5.95. The van der Waals surface area contributed by atoms with Gasteiger partial charge in [0.15, 0.2) is 0 Å². The van der Waals surface area contributed by atoms with Gasteiger partial charge < -0.3 is 10.0 Å². The van der Waals surface area contributed by atoms with E-state index in [1.54, 1.807) is 24.4 Å². The molecule has 0 aliphatic carbocycles. The van der Waals surface area contributed by atoms with E-state index < -0.39 is 17.8 Å². The number of nitrogens with one attached hydrogen (secondary N) is 1. The highest BCUT2D eigenvalue weighted by Crippen LogP contribution is 2.37. The van der Waals surface area contributed by atoms with Crippen LogP contribution in [-0.2, 0) is 11.0 Å². The molecule has 0 amide bonds. The summed E-state index contributed by atoms with van der Waals surface area (Å²) < 4.78 is 39.6. The summed E-state index contributed by atoms with van der Waals surface area (Å²) in [6.45, 7) is 1.14. The predicted octanol–water partition coefficient (Wildman–Crippen LogP) is 3.94. The smallest absolute Gasteiger partial charge is 0.433 e. The molecule has 0 atom stereocenters. The zero-order valence-corrected chi connectivity index (χ0v) is 14.7. The van der Waals surface area contributed by atoms with Crippen LogP contribution in [-0.4, -0.2) is 39.3 Å². The Labute approximate surface area is 158 Å². The van der Waals surface area contributed by atoms with Gasteiger partial charge in [-0.25, -0.2) is 0 Å². The van der Waals surface area contributed by atoms with Gasteiger partial charge in [-0.2, -0.15) is 18.3 Å². The Morgan fingerprint density at radius 3 is 2.64 bits per heavy atom. The lowest BCUT2D eigenvalue weighted by molar-refractivity contribution is -0.142. The van der Waals surface area contributed by atoms with Gasteiger partial charge in [-0.1, -0.05) is 6.07 Å². The summed E-state index contributed by atoms with van der Waals surface area (Å²) in [6.07, 6.45) is -0.660. The minimum atomic E-state index is -4.53. The highest BCUT2D eigenvalue weighted by atomic mass is 19.4. The Hall–Kier alpha value is -3.10. The molecular formula is C19H17F3N4O2. The number of H-pyrrole nitrogens is 1. The molecule has 2 aromatic heterocycles. The summed E-state index contributed by atoms with van der Waals surface area (Å²) in [4.78, 5) is 17.5. The maximum absolute atomic E-state index is 13.2. The third-order valence-corrected chi connectivity index (χ3v) is 5.14. The number of fused-ring (bicyclic) bond motifs is 1. The van der Waals surface area contributed by atoms with Gasteiger partial charge in [0.1, 0.15) is 5.69 Å². The Morgan fingerprint density at radius 1 is 1.21 bits per heavy atom. The van der Waals surface area contributed by atoms with E-state index in [1.165, 1.54) is 6.20 Å². The van der Waals surface area contributed by atoms with Crippen LogP contribution in [0.3, 0.4) is 0 Å². The number of nitrogens with zero attached hydrogens (tertiary/aromatic N) is 3. The summed E-state index contributed by atoms with van der Waals surface area (Å²) in [5.74, 6) is -1.15. The Bertz CT molecular complexity index is 1020. The highest BCUT2D eigenvalue weighted by Gasteiger charge is 2.36. The Morgan fingerprint density at radius 2 is 1.96 bits per heavy atom. The lowest BCUT2D eigenvalue weighted by atomic mass is 9.96. The molecule has 4 rings (SSSR count). The first-order valence-corrected chi connectivity index (χ1v) is 8.82. The molecule has 146 valence electrons. The molecule has 0 spiro atoms. The molecule has 0 unspecified atom stereocenters. The van der Waals surface area contributed by atoms with E-state index in [0.29, 0.717) is 37.0 Å². The summed E-state index contributed by atoms with van der Waals surface area (Å²) in [5.41, 5.74) is 0.989. The molecule has 1 aliphatic heterocycles. The second-order valence-electron chi connectivity index (χ2n) is 6.82. The van der Waals surface area contributed by atoms with Crippen molar-refractivity contribution in [3.05, 3.63) is 42.4 Å². The zero-order chi connectivity index (χ0) is 19.9. The molecule has 3 heterocycles. The molecule has 3 aromatic rings. The predicted molar refractivity (Wildman–Crippen MR) is 96.9 cm³/mol. The van der Waals surface area contributed by atoms with E-state index in [4.69, 9.17) is 0 Å². The molecule has 1 aromatic carbocycles. The van der Waals surface area contributed by atoms with Crippen LogP contribution >= 0.6 is 0 Å². The Balaban J connectivity index is 1.73. The van der Waals surface area contributed by atoms with Crippen LogP contribution in [0.5, 0.6) is 0 Å². The largest absolute Gasteiger partial charge is 0.481 e. The second kappa shape index (κ2) is 6.81. The van der Waals surface area contributed by atoms with Crippen molar-refractivity contribution in [3.63, 3.8) is 0 Å². The third kappa shape index (κ3) is 3.28. The van der Waals surface area contributed by atoms with Gasteiger partial charge in [0, 0.05) is 35.9 Å². The molecule has 28 heavy (non-hydrogen) atoms. The van der Waals surface area contributed by atoms with Crippen LogP contribution < -0.4 is 4.90 Å². The first kappa shape index (κ1) is 18.3. The number of carboxylic acids is 1. The molecule has 0 saturated carbocycles. The third-order valence-electron chi connectivity index (χ3n) is 5.14. The molecule has 1 aliphatic rings. The number of aliphatic carboxylic acids is 1. The number of hydrogen-bond donors (Lipinski definition) is 2. The van der Waals surface area contributed by atoms with Gasteiger partial charge in [0.2, 0.25) is 0 Å². The summed E-state index contributed by atoms with van der Waals surface area (Å²) in [5, 5.41) is 15.5. The fraction of sp³-hybridized carbons (Fsp3) is 0.316. The van der Waals surface area contributed by atoms with Crippen molar-refractivity contribution in [2.75, 3.05) is 18.0 Å². The van der Waals surface area contributed by atoms with Crippen LogP contribution in [0.4, 0.5) is 18.9 Å². The van der Waals surface area contributed by atoms with Gasteiger partial charge in [-0.15, -0.1) is 0 Å². The number of carbonyl (C=O) groups is 1. The first-order chi connectivity index (χ1) is 13.3. The second-order valence-corrected chi connectivity index (χ2v) is 6.82. The number of rotatable bonds is 3. The SMILES string of the molecule is O=C(O)C1CCN(c2ccnc3ccc(-c4cn[nH]c4C(F)(F)F)cc23)CC1. The molecule has 1 fully saturated rings. The summed E-state index contributed by atoms with van der Waals surface area (Å²) in [6, 6.07) is 6.77. The van der Waals surface area contributed by atoms with E-state index in [2.05, 4.69) is 15.0 Å². The average molecular weight is 390 g/mol. The summed E-state index contributed by atoms with van der Waals surface area (Å²) in [7, 11) is 0. The maximum Gasteiger partial charge on any atom is 0.433 e. The molecule has 6 nitrogen and oxygen atoms in total. The van der Waals surface area contributed by atoms with Crippen molar-refractivity contribution >= 4 is 22.6 Å². The number of carboxylic acid groups (broad SMARTS) is 1. The number of aromatic amines is 1. The molecule has 2 N–H and O–H groups in total. The normalized spacial score (nSPS) is 15.9. The van der Waals surface area contributed by atoms with Crippen LogP contribution in [0, 0.1) is 5.92 Å². The van der Waals surface area contributed by atoms with E-state index in [9.17, 15) is 23.1 Å². The van der Waals surface area contributed by atoms with Crippen LogP contribution in [0.1, 0.15) is 18.5 Å². The average Bonchev–Trinajstić information content (AvgIpc) is 3.17. The monoisotopic (exact) mass is 390 g/mol. The van der Waals surface area contributed by atoms with E-state index in [-0.39, 0.29) is 11.5 Å². The molecular weight excluding hydrogens is 373 g/mol. The molecule has 1 saturated heterocycles. The van der Waals surface area contributed by atoms with Crippen molar-refractivity contribution < 1.29 is 23.1 Å². The minimum absolute atomic E-state index is 0.0196. The number of hydrogen-bond acceptors (Lipinski definition) is 4. The van der Waals surface area contributed by atoms with Crippen LogP contribution in [0.25, 0.3) is 22.0 Å². The number of halogens is 3. The molecule has 0 bridgehead atoms. The van der Waals surface area contributed by atoms with E-state index in [0.717, 1.165) is 11.1 Å². The van der Waals surface area contributed by atoms with Gasteiger partial charge >= 0.3 is 12.1 Å².